The van der Waals surface area contributed by atoms with Crippen LogP contribution in [-0.4, -0.2) is 50.3 Å². The number of thiophene rings is 1. The van der Waals surface area contributed by atoms with Crippen molar-refractivity contribution < 1.29 is 28.3 Å². The Labute approximate surface area is 200 Å². The number of methoxy groups -OCH3 is 1. The summed E-state index contributed by atoms with van der Waals surface area (Å²) in [6.45, 7) is 16.0. The number of imide groups is 1. The van der Waals surface area contributed by atoms with Crippen LogP contribution in [0.15, 0.2) is 12.1 Å². The molecule has 0 unspecified atom stereocenters. The second-order valence-corrected chi connectivity index (χ2v) is 16.5. The Bertz CT molecular complexity index is 1120. The second kappa shape index (κ2) is 8.43. The molecule has 0 bridgehead atoms. The standard InChI is InChI=1S/C24H33NO6SSi/c1-23(2,3)30-18(26)10-11-25-21(27)19-14-12-16(31-33(8,9)24(4,5)6)15(29-7)13-17(14)32-20(19)22(25)28/h12-13H,10-11H2,1-9H3. The van der Waals surface area contributed by atoms with Gasteiger partial charge in [-0.25, -0.2) is 0 Å². The fourth-order valence-corrected chi connectivity index (χ4v) is 5.45. The Kier molecular flexibility index (Phi) is 6.45. The first kappa shape index (κ1) is 25.2. The average Bonchev–Trinajstić information content (AvgIpc) is 3.12. The fraction of sp³-hybridized carbons (Fsp3) is 0.542. The van der Waals surface area contributed by atoms with Crippen molar-refractivity contribution in [1.82, 2.24) is 4.90 Å². The van der Waals surface area contributed by atoms with E-state index in [9.17, 15) is 14.4 Å². The summed E-state index contributed by atoms with van der Waals surface area (Å²) in [5.41, 5.74) is -0.253. The summed E-state index contributed by atoms with van der Waals surface area (Å²) >= 11 is 1.26. The monoisotopic (exact) mass is 491 g/mol. The van der Waals surface area contributed by atoms with Gasteiger partial charge in [-0.1, -0.05) is 20.8 Å². The number of nitrogens with zero attached hydrogens (tertiary/aromatic N) is 1. The molecule has 1 aliphatic rings. The fourth-order valence-electron chi connectivity index (χ4n) is 3.28. The Balaban J connectivity index is 1.93. The molecule has 0 saturated carbocycles. The summed E-state index contributed by atoms with van der Waals surface area (Å²) in [5, 5.41) is 0.649. The van der Waals surface area contributed by atoms with Gasteiger partial charge in [0.25, 0.3) is 20.1 Å². The van der Waals surface area contributed by atoms with Crippen LogP contribution in [0.5, 0.6) is 11.5 Å². The summed E-state index contributed by atoms with van der Waals surface area (Å²) in [6.07, 6.45) is -0.0464. The zero-order valence-corrected chi connectivity index (χ0v) is 22.7. The van der Waals surface area contributed by atoms with Crippen LogP contribution in [0.25, 0.3) is 10.1 Å². The largest absolute Gasteiger partial charge is 0.541 e. The number of benzene rings is 1. The lowest BCUT2D eigenvalue weighted by Crippen LogP contribution is -2.43. The number of fused-ring (bicyclic) bond motifs is 3. The van der Waals surface area contributed by atoms with Crippen LogP contribution in [-0.2, 0) is 9.53 Å². The zero-order chi connectivity index (χ0) is 24.9. The molecular formula is C24H33NO6SSi. The van der Waals surface area contributed by atoms with Crippen LogP contribution in [0.4, 0.5) is 0 Å². The van der Waals surface area contributed by atoms with Gasteiger partial charge in [-0.3, -0.25) is 19.3 Å². The molecule has 1 aromatic heterocycles. The van der Waals surface area contributed by atoms with Crippen LogP contribution < -0.4 is 9.16 Å². The molecule has 1 aliphatic heterocycles. The molecule has 7 nitrogen and oxygen atoms in total. The van der Waals surface area contributed by atoms with E-state index in [4.69, 9.17) is 13.9 Å². The van der Waals surface area contributed by atoms with E-state index in [1.54, 1.807) is 27.9 Å². The molecule has 0 saturated heterocycles. The van der Waals surface area contributed by atoms with Gasteiger partial charge in [0.2, 0.25) is 0 Å². The van der Waals surface area contributed by atoms with Gasteiger partial charge in [0.1, 0.15) is 16.2 Å². The van der Waals surface area contributed by atoms with Crippen LogP contribution in [0.2, 0.25) is 18.1 Å². The van der Waals surface area contributed by atoms with E-state index in [0.717, 1.165) is 9.60 Å². The van der Waals surface area contributed by atoms with Crippen molar-refractivity contribution in [3.63, 3.8) is 0 Å². The van der Waals surface area contributed by atoms with E-state index in [1.165, 1.54) is 11.3 Å². The van der Waals surface area contributed by atoms with E-state index < -0.39 is 25.8 Å². The van der Waals surface area contributed by atoms with Crippen LogP contribution in [0.1, 0.15) is 68.0 Å². The molecule has 9 heteroatoms. The first-order valence-electron chi connectivity index (χ1n) is 11.0. The van der Waals surface area contributed by atoms with Gasteiger partial charge < -0.3 is 13.9 Å². The SMILES string of the molecule is COc1cc2sc3c(c2cc1O[Si](C)(C)C(C)(C)C)C(=O)N(CCC(=O)OC(C)(C)C)C3=O. The molecule has 2 aromatic rings. The van der Waals surface area contributed by atoms with Crippen LogP contribution in [0, 0.1) is 0 Å². The van der Waals surface area contributed by atoms with Gasteiger partial charge in [-0.2, -0.15) is 0 Å². The maximum absolute atomic E-state index is 13.2. The molecule has 33 heavy (non-hydrogen) atoms. The van der Waals surface area contributed by atoms with Crippen molar-refractivity contribution in [2.45, 2.75) is 71.7 Å². The summed E-state index contributed by atoms with van der Waals surface area (Å²) in [4.78, 5) is 39.8. The number of esters is 1. The molecule has 180 valence electrons. The maximum Gasteiger partial charge on any atom is 0.308 e. The summed E-state index contributed by atoms with van der Waals surface area (Å²) in [6, 6.07) is 3.64. The molecule has 0 fully saturated rings. The van der Waals surface area contributed by atoms with Crippen molar-refractivity contribution in [1.29, 1.82) is 0 Å². The normalized spacial score (nSPS) is 14.6. The number of amides is 2. The van der Waals surface area contributed by atoms with E-state index in [-0.39, 0.29) is 23.9 Å². The first-order valence-corrected chi connectivity index (χ1v) is 14.7. The Morgan fingerprint density at radius 2 is 1.67 bits per heavy atom. The number of rotatable bonds is 6. The molecule has 0 N–H and O–H groups in total. The minimum Gasteiger partial charge on any atom is -0.541 e. The summed E-state index contributed by atoms with van der Waals surface area (Å²) in [7, 11) is -0.586. The molecule has 3 rings (SSSR count). The third-order valence-electron chi connectivity index (χ3n) is 6.00. The Hall–Kier alpha value is -2.39. The second-order valence-electron chi connectivity index (χ2n) is 10.8. The quantitative estimate of drug-likeness (QED) is 0.296. The van der Waals surface area contributed by atoms with Gasteiger partial charge in [-0.05, 0) is 45.0 Å². The number of ether oxygens (including phenoxy) is 2. The molecule has 0 aliphatic carbocycles. The molecule has 0 spiro atoms. The molecule has 0 radical (unpaired) electrons. The topological polar surface area (TPSA) is 82.1 Å². The minimum atomic E-state index is -2.17. The highest BCUT2D eigenvalue weighted by atomic mass is 32.1. The highest BCUT2D eigenvalue weighted by Gasteiger charge is 2.42. The smallest absolute Gasteiger partial charge is 0.308 e. The van der Waals surface area contributed by atoms with Crippen molar-refractivity contribution >= 4 is 47.5 Å². The molecule has 0 atom stereocenters. The molecular weight excluding hydrogens is 458 g/mol. The van der Waals surface area contributed by atoms with E-state index in [1.807, 2.05) is 12.1 Å². The van der Waals surface area contributed by atoms with E-state index >= 15 is 0 Å². The predicted octanol–water partition coefficient (Wildman–Crippen LogP) is 5.62. The highest BCUT2D eigenvalue weighted by molar-refractivity contribution is 7.21. The third kappa shape index (κ3) is 4.94. The summed E-state index contributed by atoms with van der Waals surface area (Å²) in [5.74, 6) is -0.0737. The summed E-state index contributed by atoms with van der Waals surface area (Å²) < 4.78 is 18.1. The van der Waals surface area contributed by atoms with Crippen LogP contribution in [0.3, 0.4) is 0 Å². The average molecular weight is 492 g/mol. The number of hydrogen-bond acceptors (Lipinski definition) is 7. The Morgan fingerprint density at radius 1 is 1.03 bits per heavy atom. The zero-order valence-electron chi connectivity index (χ0n) is 20.9. The number of carbonyl (C=O) groups excluding carboxylic acids is 3. The maximum atomic E-state index is 13.2. The first-order chi connectivity index (χ1) is 15.1. The lowest BCUT2D eigenvalue weighted by atomic mass is 10.1. The van der Waals surface area contributed by atoms with Crippen LogP contribution >= 0.6 is 11.3 Å². The minimum absolute atomic E-state index is 0.0149. The lowest BCUT2D eigenvalue weighted by molar-refractivity contribution is -0.154. The van der Waals surface area contributed by atoms with Crippen molar-refractivity contribution in [3.05, 3.63) is 22.6 Å². The molecule has 2 amide bonds. The van der Waals surface area contributed by atoms with Gasteiger partial charge in [0.05, 0.1) is 19.1 Å². The van der Waals surface area contributed by atoms with E-state index in [0.29, 0.717) is 27.3 Å². The van der Waals surface area contributed by atoms with Gasteiger partial charge in [-0.15, -0.1) is 11.3 Å². The third-order valence-corrected chi connectivity index (χ3v) is 11.5. The molecule has 2 heterocycles. The van der Waals surface area contributed by atoms with Gasteiger partial charge in [0, 0.05) is 22.7 Å². The van der Waals surface area contributed by atoms with Gasteiger partial charge >= 0.3 is 5.97 Å². The predicted molar refractivity (Wildman–Crippen MR) is 132 cm³/mol. The lowest BCUT2D eigenvalue weighted by Gasteiger charge is -2.36. The van der Waals surface area contributed by atoms with Crippen molar-refractivity contribution in [3.8, 4) is 11.5 Å². The van der Waals surface area contributed by atoms with E-state index in [2.05, 4.69) is 33.9 Å². The van der Waals surface area contributed by atoms with Crippen molar-refractivity contribution in [2.24, 2.45) is 0 Å². The number of hydrogen-bond donors (Lipinski definition) is 0. The van der Waals surface area contributed by atoms with Gasteiger partial charge in [0.15, 0.2) is 5.75 Å². The van der Waals surface area contributed by atoms with Crippen molar-refractivity contribution in [2.75, 3.05) is 13.7 Å². The highest BCUT2D eigenvalue weighted by Crippen LogP contribution is 2.45. The number of carbonyl (C=O) groups is 3. The Morgan fingerprint density at radius 3 is 2.21 bits per heavy atom. The molecule has 1 aromatic carbocycles.